The Morgan fingerprint density at radius 3 is 0.699 bits per heavy atom. The lowest BCUT2D eigenvalue weighted by Gasteiger charge is -2.34. The minimum Gasteiger partial charge on any atom is -0.355 e. The maximum Gasteiger partial charge on any atom is 0.251 e. The Morgan fingerprint density at radius 2 is 0.496 bits per heavy atom. The summed E-state index contributed by atoms with van der Waals surface area (Å²) in [4.78, 5) is 153. The van der Waals surface area contributed by atoms with Gasteiger partial charge in [-0.25, -0.2) is 0 Å². The maximum atomic E-state index is 13.5. The van der Waals surface area contributed by atoms with Crippen LogP contribution in [-0.4, -0.2) is 125 Å². The van der Waals surface area contributed by atoms with Gasteiger partial charge in [0, 0.05) is 137 Å². The molecule has 3 saturated carbocycles. The van der Waals surface area contributed by atoms with Crippen molar-refractivity contribution in [1.82, 2.24) is 47.9 Å². The topological polar surface area (TPSA) is 349 Å². The van der Waals surface area contributed by atoms with E-state index in [1.165, 1.54) is 44.5 Å². The smallest absolute Gasteiger partial charge is 0.251 e. The number of amides is 12. The molecule has 0 aliphatic heterocycles. The first-order valence-electron chi connectivity index (χ1n) is 44.5. The van der Waals surface area contributed by atoms with Crippen LogP contribution in [0.2, 0.25) is 0 Å². The molecule has 0 radical (unpaired) electrons. The number of anilines is 3. The van der Waals surface area contributed by atoms with E-state index in [2.05, 4.69) is 126 Å². The predicted molar refractivity (Wildman–Crippen MR) is 498 cm³/mol. The molecule has 3 fully saturated rings. The molecule has 3 aliphatic carbocycles. The van der Waals surface area contributed by atoms with E-state index in [0.717, 1.165) is 96.3 Å². The van der Waals surface area contributed by atoms with Gasteiger partial charge in [-0.3, -0.25) is 57.5 Å². The van der Waals surface area contributed by atoms with E-state index >= 15 is 0 Å². The van der Waals surface area contributed by atoms with Gasteiger partial charge >= 0.3 is 0 Å². The zero-order valence-corrected chi connectivity index (χ0v) is 80.6. The second kappa shape index (κ2) is 44.4. The molecule has 684 valence electrons. The Labute approximate surface area is 737 Å². The van der Waals surface area contributed by atoms with Gasteiger partial charge in [0.2, 0.25) is 17.7 Å². The highest BCUT2D eigenvalue weighted by Crippen LogP contribution is 2.34. The van der Waals surface area contributed by atoms with Crippen molar-refractivity contribution in [2.75, 3.05) is 29.5 Å². The van der Waals surface area contributed by atoms with E-state index < -0.39 is 38.4 Å². The van der Waals surface area contributed by atoms with Crippen LogP contribution in [-0.2, 0) is 14.4 Å². The number of carbonyl (C=O) groups is 12. The van der Waals surface area contributed by atoms with Crippen molar-refractivity contribution in [2.24, 2.45) is 38.4 Å². The summed E-state index contributed by atoms with van der Waals surface area (Å²) in [5.41, 5.74) is 0.903. The molecular formula is C99H156N12O12. The number of carbonyl (C=O) groups excluding carboxylic acids is 12. The molecule has 3 aliphatic rings. The van der Waals surface area contributed by atoms with Crippen LogP contribution in [0.25, 0.3) is 0 Å². The molecule has 0 saturated heterocycles. The minimum atomic E-state index is -0.570. The van der Waals surface area contributed by atoms with Crippen molar-refractivity contribution in [1.29, 1.82) is 0 Å². The summed E-state index contributed by atoms with van der Waals surface area (Å²) >= 11 is 0. The molecule has 12 amide bonds. The fourth-order valence-corrected chi connectivity index (χ4v) is 15.6. The fraction of sp³-hybridized carbons (Fsp3) is 0.636. The summed E-state index contributed by atoms with van der Waals surface area (Å²) < 4.78 is 0. The molecule has 4 aromatic rings. The molecule has 123 heavy (non-hydrogen) atoms. The average Bonchev–Trinajstić information content (AvgIpc) is 0.800. The fourth-order valence-electron chi connectivity index (χ4n) is 15.6. The van der Waals surface area contributed by atoms with Crippen LogP contribution < -0.4 is 63.8 Å². The van der Waals surface area contributed by atoms with Crippen LogP contribution in [0.3, 0.4) is 0 Å². The first kappa shape index (κ1) is 106. The lowest BCUT2D eigenvalue weighted by atomic mass is 9.81. The van der Waals surface area contributed by atoms with Crippen LogP contribution in [0.5, 0.6) is 0 Å². The SMILES string of the molecule is CC(C)(C)C(=O)Nc1cc(NC(=O)C(C)(C)C)cc(NC(=O)C(C)(C)C)c1.CC(C)(C)CC(C)(C)NC(=O)c1cc(C(=O)NC(C)(C)CC(C)(C)C)cc(C(=O)NC(C)(C)CC(C)(C)C)c1.CNC(=O)c1cc(C(=O)NCC(C)C)cc(C(=O)NC(C)(C)C)c1.O=C(NC1CCCCC1)c1cc(C(=O)NC2CCCCC2)cc(C(=O)NC2CCCCC2)c1. The van der Waals surface area contributed by atoms with E-state index in [9.17, 15) is 57.5 Å². The molecular weight excluding hydrogens is 1550 g/mol. The molecule has 12 N–H and O–H groups in total. The standard InChI is InChI=1S/C33H57N3O3.C27H39N3O3.C21H33N3O3.C18H27N3O3/c1-28(2,3)19-31(10,11)34-25(37)22-16-23(26(38)35-32(12,13)20-29(4,5)6)18-24(17-22)27(39)36-33(14,15)21-30(7,8)9;31-25(28-22-10-4-1-5-11-22)19-16-20(26(32)29-23-12-6-2-7-13-23)18-21(17-19)27(33)30-24-14-8-3-9-15-24;1-19(2,3)16(25)22-13-10-14(23-17(26)20(4,5)6)12-15(11-13)24-18(27)21(7,8)9;1-11(2)10-20-16(23)13-7-12(15(22)19-6)8-14(9-13)17(24)21-18(3,4)5/h16-18H,19-21H2,1-15H3,(H,34,37)(H,35,38)(H,36,39);16-18,22-24H,1-15H2,(H,28,31)(H,29,32)(H,30,33);10-12H,1-9H3,(H,22,25)(H,23,26)(H,24,27);7-9,11H,10H2,1-6H3,(H,19,22)(H,20,23)(H,21,24). The van der Waals surface area contributed by atoms with Crippen molar-refractivity contribution in [2.45, 2.75) is 357 Å². The predicted octanol–water partition coefficient (Wildman–Crippen LogP) is 19.0. The average molecular weight is 1710 g/mol. The summed E-state index contributed by atoms with van der Waals surface area (Å²) in [6.07, 6.45) is 18.7. The Hall–Kier alpha value is -9.48. The zero-order valence-electron chi connectivity index (χ0n) is 80.6. The summed E-state index contributed by atoms with van der Waals surface area (Å²) in [5, 5.41) is 35.4. The third-order valence-corrected chi connectivity index (χ3v) is 20.4. The molecule has 0 unspecified atom stereocenters. The van der Waals surface area contributed by atoms with Crippen LogP contribution in [0.15, 0.2) is 72.8 Å². The van der Waals surface area contributed by atoms with Crippen molar-refractivity contribution in [3.05, 3.63) is 123 Å². The van der Waals surface area contributed by atoms with Crippen molar-refractivity contribution >= 4 is 87.9 Å². The number of hydrogen-bond acceptors (Lipinski definition) is 12. The van der Waals surface area contributed by atoms with E-state index in [1.54, 1.807) is 54.6 Å². The summed E-state index contributed by atoms with van der Waals surface area (Å²) in [7, 11) is 1.50. The first-order chi connectivity index (χ1) is 56.2. The summed E-state index contributed by atoms with van der Waals surface area (Å²) in [6.45, 7) is 57.6. The normalized spacial score (nSPS) is 14.8. The third-order valence-electron chi connectivity index (χ3n) is 20.4. The minimum absolute atomic E-state index is 0.0147. The quantitative estimate of drug-likeness (QED) is 0.0330. The number of hydrogen-bond donors (Lipinski definition) is 12. The monoisotopic (exact) mass is 1710 g/mol. The first-order valence-corrected chi connectivity index (χ1v) is 44.5. The van der Waals surface area contributed by atoms with Crippen molar-refractivity contribution in [3.63, 3.8) is 0 Å². The van der Waals surface area contributed by atoms with Gasteiger partial charge in [0.25, 0.3) is 53.2 Å². The van der Waals surface area contributed by atoms with E-state index in [4.69, 9.17) is 0 Å². The van der Waals surface area contributed by atoms with Crippen molar-refractivity contribution in [3.8, 4) is 0 Å². The maximum absolute atomic E-state index is 13.5. The Bertz CT molecular complexity index is 3950. The second-order valence-electron chi connectivity index (χ2n) is 44.3. The molecule has 0 spiro atoms. The lowest BCUT2D eigenvalue weighted by molar-refractivity contribution is -0.123. The molecule has 0 atom stereocenters. The van der Waals surface area contributed by atoms with Gasteiger partial charge < -0.3 is 63.8 Å². The molecule has 4 aromatic carbocycles. The third kappa shape index (κ3) is 39.9. The molecule has 24 heteroatoms. The highest BCUT2D eigenvalue weighted by Gasteiger charge is 2.35. The molecule has 24 nitrogen and oxygen atoms in total. The van der Waals surface area contributed by atoms with Gasteiger partial charge in [-0.2, -0.15) is 0 Å². The van der Waals surface area contributed by atoms with Gasteiger partial charge in [0.05, 0.1) is 0 Å². The number of nitrogens with one attached hydrogen (secondary N) is 12. The van der Waals surface area contributed by atoms with Crippen molar-refractivity contribution < 1.29 is 57.5 Å². The van der Waals surface area contributed by atoms with Gasteiger partial charge in [-0.1, -0.05) is 196 Å². The summed E-state index contributed by atoms with van der Waals surface area (Å²) in [6, 6.07) is 19.7. The van der Waals surface area contributed by atoms with E-state index in [-0.39, 0.29) is 139 Å². The Kier molecular flexibility index (Phi) is 38.2. The lowest BCUT2D eigenvalue weighted by Crippen LogP contribution is -2.47. The highest BCUT2D eigenvalue weighted by atomic mass is 16.2. The molecule has 0 bridgehead atoms. The second-order valence-corrected chi connectivity index (χ2v) is 44.3. The van der Waals surface area contributed by atoms with Crippen LogP contribution in [0, 0.1) is 38.4 Å². The number of rotatable bonds is 23. The Morgan fingerprint density at radius 1 is 0.285 bits per heavy atom. The number of benzene rings is 4. The largest absolute Gasteiger partial charge is 0.355 e. The Balaban J connectivity index is 0.000000350. The molecule has 0 heterocycles. The zero-order chi connectivity index (χ0) is 93.6. The molecule has 0 aromatic heterocycles. The van der Waals surface area contributed by atoms with E-state index in [0.29, 0.717) is 46.2 Å². The van der Waals surface area contributed by atoms with Gasteiger partial charge in [-0.05, 0) is 215 Å². The summed E-state index contributed by atoms with van der Waals surface area (Å²) in [5.74, 6) is -2.66. The van der Waals surface area contributed by atoms with Gasteiger partial charge in [0.15, 0.2) is 0 Å². The van der Waals surface area contributed by atoms with Crippen LogP contribution in [0.1, 0.15) is 410 Å². The molecule has 7 rings (SSSR count). The van der Waals surface area contributed by atoms with Crippen LogP contribution >= 0.6 is 0 Å². The van der Waals surface area contributed by atoms with Gasteiger partial charge in [0.1, 0.15) is 0 Å². The highest BCUT2D eigenvalue weighted by molar-refractivity contribution is 6.08. The van der Waals surface area contributed by atoms with Crippen LogP contribution in [0.4, 0.5) is 17.1 Å². The van der Waals surface area contributed by atoms with Gasteiger partial charge in [-0.15, -0.1) is 0 Å². The van der Waals surface area contributed by atoms with E-state index in [1.807, 2.05) is 138 Å².